The van der Waals surface area contributed by atoms with Crippen molar-refractivity contribution in [3.05, 3.63) is 65.6 Å². The van der Waals surface area contributed by atoms with Crippen molar-refractivity contribution in [1.82, 2.24) is 3.97 Å². The zero-order valence-corrected chi connectivity index (χ0v) is 13.3. The predicted molar refractivity (Wildman–Crippen MR) is 87.6 cm³/mol. The molecule has 0 unspecified atom stereocenters. The molecule has 1 aliphatic rings. The second-order valence-corrected chi connectivity index (χ2v) is 7.66. The second-order valence-electron chi connectivity index (χ2n) is 5.87. The Hall–Kier alpha value is -2.14. The summed E-state index contributed by atoms with van der Waals surface area (Å²) in [5.41, 5.74) is 2.73. The van der Waals surface area contributed by atoms with Crippen LogP contribution < -0.4 is 0 Å². The van der Waals surface area contributed by atoms with Gasteiger partial charge in [0.15, 0.2) is 0 Å². The van der Waals surface area contributed by atoms with Gasteiger partial charge in [-0.15, -0.1) is 0 Å². The van der Waals surface area contributed by atoms with Crippen LogP contribution in [0.2, 0.25) is 0 Å². The molecular weight excluding hydrogens is 313 g/mol. The van der Waals surface area contributed by atoms with Gasteiger partial charge in [-0.1, -0.05) is 18.2 Å². The fraction of sp³-hybridized carbons (Fsp3) is 0.222. The van der Waals surface area contributed by atoms with Gasteiger partial charge in [0.1, 0.15) is 5.82 Å². The van der Waals surface area contributed by atoms with Gasteiger partial charge in [0.05, 0.1) is 10.4 Å². The summed E-state index contributed by atoms with van der Waals surface area (Å²) in [5, 5.41) is 1.01. The lowest BCUT2D eigenvalue weighted by atomic mass is 9.96. The molecule has 4 rings (SSSR count). The van der Waals surface area contributed by atoms with Crippen molar-refractivity contribution in [3.8, 4) is 0 Å². The van der Waals surface area contributed by atoms with Gasteiger partial charge in [0, 0.05) is 11.1 Å². The Balaban J connectivity index is 2.03. The molecule has 0 radical (unpaired) electrons. The van der Waals surface area contributed by atoms with E-state index in [-0.39, 0.29) is 4.90 Å². The van der Waals surface area contributed by atoms with Crippen LogP contribution in [-0.4, -0.2) is 12.4 Å². The molecule has 0 amide bonds. The van der Waals surface area contributed by atoms with E-state index in [0.29, 0.717) is 5.52 Å². The van der Waals surface area contributed by atoms with Crippen LogP contribution in [0.3, 0.4) is 0 Å². The van der Waals surface area contributed by atoms with Crippen LogP contribution in [0.25, 0.3) is 10.9 Å². The third-order valence-electron chi connectivity index (χ3n) is 4.48. The van der Waals surface area contributed by atoms with Crippen molar-refractivity contribution in [2.75, 3.05) is 0 Å². The summed E-state index contributed by atoms with van der Waals surface area (Å²) in [4.78, 5) is 0.119. The Morgan fingerprint density at radius 2 is 1.61 bits per heavy atom. The maximum atomic E-state index is 13.1. The molecule has 118 valence electrons. The van der Waals surface area contributed by atoms with Crippen molar-refractivity contribution in [2.45, 2.75) is 30.6 Å². The molecule has 1 aromatic heterocycles. The van der Waals surface area contributed by atoms with Crippen molar-refractivity contribution < 1.29 is 12.8 Å². The van der Waals surface area contributed by atoms with Crippen molar-refractivity contribution in [3.63, 3.8) is 0 Å². The number of aryl methyl sites for hydroxylation is 1. The highest BCUT2D eigenvalue weighted by Crippen LogP contribution is 2.34. The van der Waals surface area contributed by atoms with Crippen molar-refractivity contribution in [1.29, 1.82) is 0 Å². The van der Waals surface area contributed by atoms with E-state index in [9.17, 15) is 12.8 Å². The highest BCUT2D eigenvalue weighted by molar-refractivity contribution is 7.90. The average Bonchev–Trinajstić information content (AvgIpc) is 2.90. The third kappa shape index (κ3) is 2.18. The van der Waals surface area contributed by atoms with Gasteiger partial charge in [-0.25, -0.2) is 16.8 Å². The molecule has 0 aliphatic heterocycles. The fourth-order valence-corrected chi connectivity index (χ4v) is 5.04. The quantitative estimate of drug-likeness (QED) is 0.715. The second kappa shape index (κ2) is 5.20. The number of rotatable bonds is 2. The van der Waals surface area contributed by atoms with Crippen LogP contribution in [0.1, 0.15) is 24.1 Å². The number of aromatic nitrogens is 1. The summed E-state index contributed by atoms with van der Waals surface area (Å²) >= 11 is 0. The largest absolute Gasteiger partial charge is 0.268 e. The normalized spacial score (nSPS) is 14.8. The summed E-state index contributed by atoms with van der Waals surface area (Å²) in [6, 6.07) is 12.6. The van der Waals surface area contributed by atoms with E-state index < -0.39 is 15.8 Å². The smallest absolute Gasteiger partial charge is 0.238 e. The minimum Gasteiger partial charge on any atom is -0.238 e. The van der Waals surface area contributed by atoms with Crippen molar-refractivity contribution in [2.24, 2.45) is 0 Å². The van der Waals surface area contributed by atoms with Crippen LogP contribution in [0, 0.1) is 5.82 Å². The van der Waals surface area contributed by atoms with E-state index in [1.165, 1.54) is 28.2 Å². The first-order chi connectivity index (χ1) is 11.1. The molecule has 3 nitrogen and oxygen atoms in total. The van der Waals surface area contributed by atoms with Gasteiger partial charge >= 0.3 is 0 Å². The molecule has 0 bridgehead atoms. The summed E-state index contributed by atoms with van der Waals surface area (Å²) in [7, 11) is -3.73. The molecular formula is C18H16FNO2S. The molecule has 0 saturated carbocycles. The van der Waals surface area contributed by atoms with Crippen LogP contribution in [-0.2, 0) is 22.9 Å². The van der Waals surface area contributed by atoms with Gasteiger partial charge in [-0.2, -0.15) is 0 Å². The molecule has 0 saturated heterocycles. The Kier molecular flexibility index (Phi) is 3.27. The highest BCUT2D eigenvalue weighted by Gasteiger charge is 2.27. The first kappa shape index (κ1) is 14.5. The zero-order chi connectivity index (χ0) is 16.0. The monoisotopic (exact) mass is 329 g/mol. The summed E-state index contributed by atoms with van der Waals surface area (Å²) in [6.07, 6.45) is 3.73. The average molecular weight is 329 g/mol. The minimum absolute atomic E-state index is 0.119. The first-order valence-corrected chi connectivity index (χ1v) is 9.15. The Bertz CT molecular complexity index is 988. The van der Waals surface area contributed by atoms with Gasteiger partial charge in [0.2, 0.25) is 0 Å². The molecule has 3 aromatic rings. The van der Waals surface area contributed by atoms with Gasteiger partial charge in [0.25, 0.3) is 10.0 Å². The summed E-state index contributed by atoms with van der Waals surface area (Å²) < 4.78 is 40.9. The van der Waals surface area contributed by atoms with E-state index in [1.807, 2.05) is 24.3 Å². The Morgan fingerprint density at radius 3 is 2.39 bits per heavy atom. The van der Waals surface area contributed by atoms with Crippen LogP contribution >= 0.6 is 0 Å². The first-order valence-electron chi connectivity index (χ1n) is 7.71. The zero-order valence-electron chi connectivity index (χ0n) is 12.5. The number of nitrogens with zero attached hydrogens (tertiary/aromatic N) is 1. The standard InChI is InChI=1S/C18H16FNO2S/c19-13-9-11-14(12-10-13)23(21,22)20-17-7-3-1-5-15(17)16-6-2-4-8-18(16)20/h1,3,5,7,9-12H,2,4,6,8H2. The number of halogens is 1. The summed E-state index contributed by atoms with van der Waals surface area (Å²) in [6.45, 7) is 0. The molecule has 5 heteroatoms. The molecule has 0 atom stereocenters. The van der Waals surface area contributed by atoms with Crippen molar-refractivity contribution >= 4 is 20.9 Å². The number of benzene rings is 2. The minimum atomic E-state index is -3.73. The highest BCUT2D eigenvalue weighted by atomic mass is 32.2. The number of hydrogen-bond donors (Lipinski definition) is 0. The molecule has 2 aromatic carbocycles. The molecule has 23 heavy (non-hydrogen) atoms. The lowest BCUT2D eigenvalue weighted by Crippen LogP contribution is -2.17. The Labute approximate surface area is 134 Å². The lowest BCUT2D eigenvalue weighted by Gasteiger charge is -2.16. The third-order valence-corrected chi connectivity index (χ3v) is 6.25. The maximum absolute atomic E-state index is 13.1. The molecule has 0 N–H and O–H groups in total. The summed E-state index contributed by atoms with van der Waals surface area (Å²) in [5.74, 6) is -0.441. The number of fused-ring (bicyclic) bond motifs is 3. The van der Waals surface area contributed by atoms with E-state index >= 15 is 0 Å². The van der Waals surface area contributed by atoms with E-state index in [2.05, 4.69) is 0 Å². The topological polar surface area (TPSA) is 39.1 Å². The van der Waals surface area contributed by atoms with Crippen LogP contribution in [0.5, 0.6) is 0 Å². The predicted octanol–water partition coefficient (Wildman–Crippen LogP) is 3.90. The lowest BCUT2D eigenvalue weighted by molar-refractivity contribution is 0.581. The van der Waals surface area contributed by atoms with Gasteiger partial charge in [-0.05, 0) is 61.6 Å². The number of para-hydroxylation sites is 1. The molecule has 1 heterocycles. The molecule has 1 aliphatic carbocycles. The van der Waals surface area contributed by atoms with Crippen LogP contribution in [0.15, 0.2) is 53.4 Å². The number of hydrogen-bond acceptors (Lipinski definition) is 2. The fourth-order valence-electron chi connectivity index (χ4n) is 3.44. The van der Waals surface area contributed by atoms with E-state index in [4.69, 9.17) is 0 Å². The SMILES string of the molecule is O=S(=O)(c1ccc(F)cc1)n1c2c(c3ccccc31)CCCC2. The van der Waals surface area contributed by atoms with Crippen LogP contribution in [0.4, 0.5) is 4.39 Å². The van der Waals surface area contributed by atoms with E-state index in [0.717, 1.165) is 42.3 Å². The van der Waals surface area contributed by atoms with Gasteiger partial charge in [-0.3, -0.25) is 0 Å². The van der Waals surface area contributed by atoms with Gasteiger partial charge < -0.3 is 0 Å². The molecule has 0 fully saturated rings. The maximum Gasteiger partial charge on any atom is 0.268 e. The Morgan fingerprint density at radius 1 is 0.913 bits per heavy atom. The molecule has 0 spiro atoms. The van der Waals surface area contributed by atoms with E-state index in [1.54, 1.807) is 0 Å².